The molecule has 1 aromatic carbocycles. The molecule has 0 bridgehead atoms. The molecule has 0 spiro atoms. The molecule has 1 heterocycles. The van der Waals surface area contributed by atoms with Gasteiger partial charge in [-0.05, 0) is 36.1 Å². The first-order valence-corrected chi connectivity index (χ1v) is 9.34. The van der Waals surface area contributed by atoms with E-state index >= 15 is 0 Å². The van der Waals surface area contributed by atoms with Crippen LogP contribution in [0.25, 0.3) is 0 Å². The lowest BCUT2D eigenvalue weighted by atomic mass is 9.86. The van der Waals surface area contributed by atoms with Crippen LogP contribution in [0, 0.1) is 5.92 Å². The minimum atomic E-state index is -0.240. The number of hydrogen-bond donors (Lipinski definition) is 1. The van der Waals surface area contributed by atoms with Crippen LogP contribution < -0.4 is 0 Å². The molecule has 4 heteroatoms. The summed E-state index contributed by atoms with van der Waals surface area (Å²) in [7, 11) is 1.89. The second kappa shape index (κ2) is 7.05. The smallest absolute Gasteiger partial charge is 0.239 e. The first kappa shape index (κ1) is 15.9. The molecule has 22 heavy (non-hydrogen) atoms. The molecular weight excluding hydrogens is 294 g/mol. The number of nitrogens with zero attached hydrogens (tertiary/aromatic N) is 1. The van der Waals surface area contributed by atoms with Crippen molar-refractivity contribution < 1.29 is 9.90 Å². The molecule has 1 aliphatic heterocycles. The average molecular weight is 319 g/mol. The number of hydrogen-bond acceptors (Lipinski definition) is 3. The minimum Gasteiger partial charge on any atom is -0.393 e. The number of amides is 1. The molecule has 1 aliphatic carbocycles. The number of carbonyl (C=O) groups is 1. The number of likely N-dealkylation sites (N-methyl/N-ethyl adjacent to an activating group) is 1. The van der Waals surface area contributed by atoms with Crippen molar-refractivity contribution in [3.05, 3.63) is 35.4 Å². The number of rotatable bonds is 3. The van der Waals surface area contributed by atoms with Crippen LogP contribution in [0.4, 0.5) is 0 Å². The predicted octanol–water partition coefficient (Wildman–Crippen LogP) is 3.03. The Bertz CT molecular complexity index is 534. The molecule has 1 amide bonds. The van der Waals surface area contributed by atoms with Crippen molar-refractivity contribution in [2.45, 2.75) is 43.5 Å². The van der Waals surface area contributed by atoms with Gasteiger partial charge in [0.1, 0.15) is 5.25 Å². The van der Waals surface area contributed by atoms with E-state index in [0.717, 1.165) is 31.4 Å². The summed E-state index contributed by atoms with van der Waals surface area (Å²) < 4.78 is 0. The first-order valence-electron chi connectivity index (χ1n) is 8.29. The fourth-order valence-electron chi connectivity index (χ4n) is 3.64. The standard InChI is InChI=1S/C18H25NO2S/c1-19(12-14-7-3-5-9-16(14)20)18(21)17-15-8-4-2-6-13(15)10-11-22-17/h2,4,6,8,14,16-17,20H,3,5,7,9-12H2,1H3. The normalized spacial score (nSPS) is 28.0. The molecule has 1 aromatic rings. The highest BCUT2D eigenvalue weighted by molar-refractivity contribution is 8.00. The molecule has 0 saturated heterocycles. The van der Waals surface area contributed by atoms with Crippen molar-refractivity contribution in [3.63, 3.8) is 0 Å². The number of aliphatic hydroxyl groups is 1. The summed E-state index contributed by atoms with van der Waals surface area (Å²) in [6.45, 7) is 0.680. The Balaban J connectivity index is 1.68. The maximum atomic E-state index is 12.9. The number of thioether (sulfide) groups is 1. The summed E-state index contributed by atoms with van der Waals surface area (Å²) in [5.41, 5.74) is 2.49. The Labute approximate surface area is 137 Å². The fraction of sp³-hybridized carbons (Fsp3) is 0.611. The Hall–Kier alpha value is -1.00. The fourth-order valence-corrected chi connectivity index (χ4v) is 4.95. The van der Waals surface area contributed by atoms with Crippen molar-refractivity contribution in [3.8, 4) is 0 Å². The van der Waals surface area contributed by atoms with Gasteiger partial charge in [0.2, 0.25) is 5.91 Å². The van der Waals surface area contributed by atoms with E-state index in [1.165, 1.54) is 17.5 Å². The number of aryl methyl sites for hydroxylation is 1. The SMILES string of the molecule is CN(CC1CCCCC1O)C(=O)C1SCCc2ccccc21. The second-order valence-corrected chi connectivity index (χ2v) is 7.74. The van der Waals surface area contributed by atoms with Gasteiger partial charge >= 0.3 is 0 Å². The topological polar surface area (TPSA) is 40.5 Å². The van der Waals surface area contributed by atoms with Crippen molar-refractivity contribution in [2.75, 3.05) is 19.3 Å². The summed E-state index contributed by atoms with van der Waals surface area (Å²) in [4.78, 5) is 14.7. The molecular formula is C18H25NO2S. The molecule has 3 rings (SSSR count). The molecule has 3 unspecified atom stereocenters. The number of fused-ring (bicyclic) bond motifs is 1. The van der Waals surface area contributed by atoms with Crippen LogP contribution >= 0.6 is 11.8 Å². The number of benzene rings is 1. The van der Waals surface area contributed by atoms with Gasteiger partial charge in [0.15, 0.2) is 0 Å². The summed E-state index contributed by atoms with van der Waals surface area (Å²) in [6.07, 6.45) is 5.01. The molecule has 0 aromatic heterocycles. The average Bonchev–Trinajstić information content (AvgIpc) is 2.55. The van der Waals surface area contributed by atoms with E-state index in [9.17, 15) is 9.90 Å². The van der Waals surface area contributed by atoms with Crippen LogP contribution in [0.15, 0.2) is 24.3 Å². The second-order valence-electron chi connectivity index (χ2n) is 6.53. The molecule has 120 valence electrons. The number of carbonyl (C=O) groups excluding carboxylic acids is 1. The summed E-state index contributed by atoms with van der Waals surface area (Å²) in [5.74, 6) is 1.44. The predicted molar refractivity (Wildman–Crippen MR) is 90.9 cm³/mol. The van der Waals surface area contributed by atoms with Gasteiger partial charge in [0, 0.05) is 19.5 Å². The van der Waals surface area contributed by atoms with Gasteiger partial charge in [0.05, 0.1) is 6.10 Å². The molecule has 2 aliphatic rings. The highest BCUT2D eigenvalue weighted by Crippen LogP contribution is 2.38. The minimum absolute atomic E-state index is 0.0734. The largest absolute Gasteiger partial charge is 0.393 e. The quantitative estimate of drug-likeness (QED) is 0.931. The Morgan fingerprint density at radius 2 is 2.09 bits per heavy atom. The van der Waals surface area contributed by atoms with Crippen LogP contribution in [0.5, 0.6) is 0 Å². The molecule has 3 nitrogen and oxygen atoms in total. The maximum Gasteiger partial charge on any atom is 0.239 e. The van der Waals surface area contributed by atoms with Crippen LogP contribution in [0.3, 0.4) is 0 Å². The summed E-state index contributed by atoms with van der Waals surface area (Å²) in [5, 5.41) is 10.1. The van der Waals surface area contributed by atoms with Crippen LogP contribution in [0.2, 0.25) is 0 Å². The van der Waals surface area contributed by atoms with E-state index in [1.807, 2.05) is 18.0 Å². The van der Waals surface area contributed by atoms with Gasteiger partial charge < -0.3 is 10.0 Å². The van der Waals surface area contributed by atoms with E-state index < -0.39 is 0 Å². The zero-order chi connectivity index (χ0) is 15.5. The third-order valence-corrected chi connectivity index (χ3v) is 6.20. The Morgan fingerprint density at radius 1 is 1.32 bits per heavy atom. The zero-order valence-corrected chi connectivity index (χ0v) is 14.0. The van der Waals surface area contributed by atoms with E-state index in [-0.39, 0.29) is 23.2 Å². The molecule has 1 N–H and O–H groups in total. The van der Waals surface area contributed by atoms with Crippen molar-refractivity contribution >= 4 is 17.7 Å². The van der Waals surface area contributed by atoms with Gasteiger partial charge in [-0.3, -0.25) is 4.79 Å². The summed E-state index contributed by atoms with van der Waals surface area (Å²) in [6, 6.07) is 8.31. The lowest BCUT2D eigenvalue weighted by Crippen LogP contribution is -2.40. The van der Waals surface area contributed by atoms with Crippen LogP contribution in [0.1, 0.15) is 42.1 Å². The van der Waals surface area contributed by atoms with E-state index in [2.05, 4.69) is 18.2 Å². The zero-order valence-electron chi connectivity index (χ0n) is 13.2. The molecule has 1 fully saturated rings. The Kier molecular flexibility index (Phi) is 5.09. The van der Waals surface area contributed by atoms with Gasteiger partial charge in [-0.2, -0.15) is 0 Å². The lowest BCUT2D eigenvalue weighted by molar-refractivity contribution is -0.130. The van der Waals surface area contributed by atoms with E-state index in [4.69, 9.17) is 0 Å². The highest BCUT2D eigenvalue weighted by Gasteiger charge is 2.31. The lowest BCUT2D eigenvalue weighted by Gasteiger charge is -2.33. The highest BCUT2D eigenvalue weighted by atomic mass is 32.2. The van der Waals surface area contributed by atoms with Gasteiger partial charge in [0.25, 0.3) is 0 Å². The number of aliphatic hydroxyl groups excluding tert-OH is 1. The van der Waals surface area contributed by atoms with Crippen LogP contribution in [-0.2, 0) is 11.2 Å². The van der Waals surface area contributed by atoms with Crippen LogP contribution in [-0.4, -0.2) is 41.4 Å². The molecule has 1 saturated carbocycles. The molecule has 0 radical (unpaired) electrons. The first-order chi connectivity index (χ1) is 10.7. The van der Waals surface area contributed by atoms with E-state index in [0.29, 0.717) is 6.54 Å². The van der Waals surface area contributed by atoms with Crippen molar-refractivity contribution in [1.29, 1.82) is 0 Å². The van der Waals surface area contributed by atoms with Gasteiger partial charge in [-0.1, -0.05) is 37.1 Å². The van der Waals surface area contributed by atoms with E-state index in [1.54, 1.807) is 11.8 Å². The summed E-state index contributed by atoms with van der Waals surface area (Å²) >= 11 is 1.75. The van der Waals surface area contributed by atoms with Gasteiger partial charge in [-0.25, -0.2) is 0 Å². The third-order valence-electron chi connectivity index (χ3n) is 4.97. The molecule has 3 atom stereocenters. The maximum absolute atomic E-state index is 12.9. The van der Waals surface area contributed by atoms with Crippen molar-refractivity contribution in [1.82, 2.24) is 4.90 Å². The van der Waals surface area contributed by atoms with Gasteiger partial charge in [-0.15, -0.1) is 11.8 Å². The third kappa shape index (κ3) is 3.33. The Morgan fingerprint density at radius 3 is 2.91 bits per heavy atom. The van der Waals surface area contributed by atoms with Crippen molar-refractivity contribution in [2.24, 2.45) is 5.92 Å². The monoisotopic (exact) mass is 319 g/mol.